The number of rotatable bonds is 8. The van der Waals surface area contributed by atoms with E-state index in [4.69, 9.17) is 29.6 Å². The number of aromatic nitrogens is 8. The molecule has 4 aromatic heterocycles. The Hall–Kier alpha value is -7.09. The molecule has 8 heterocycles. The lowest BCUT2D eigenvalue weighted by Crippen LogP contribution is -2.42. The van der Waals surface area contributed by atoms with Crippen LogP contribution in [0.4, 0.5) is 49.4 Å². The van der Waals surface area contributed by atoms with Gasteiger partial charge in [0.1, 0.15) is 36.1 Å². The van der Waals surface area contributed by atoms with Gasteiger partial charge in [0, 0.05) is 57.4 Å². The summed E-state index contributed by atoms with van der Waals surface area (Å²) >= 11 is 0. The highest BCUT2D eigenvalue weighted by Gasteiger charge is 2.35. The Morgan fingerprint density at radius 3 is 1.75 bits per heavy atom. The fraction of sp³-hybridized carbons (Fsp3) is 0.465. The zero-order valence-electron chi connectivity index (χ0n) is 38.0. The van der Waals surface area contributed by atoms with Gasteiger partial charge < -0.3 is 54.3 Å². The number of nitrogens with zero attached hydrogens (tertiary/aromatic N) is 12. The van der Waals surface area contributed by atoms with Gasteiger partial charge in [0.15, 0.2) is 34.8 Å². The quantitative estimate of drug-likeness (QED) is 0.134. The van der Waals surface area contributed by atoms with Crippen LogP contribution in [0.5, 0.6) is 23.0 Å². The van der Waals surface area contributed by atoms with Crippen LogP contribution in [-0.2, 0) is 4.79 Å². The first-order valence-corrected chi connectivity index (χ1v) is 22.0. The Morgan fingerprint density at radius 2 is 1.25 bits per heavy atom. The van der Waals surface area contributed by atoms with Crippen LogP contribution in [0.1, 0.15) is 25.7 Å². The number of carbonyl (C=O) groups is 1. The van der Waals surface area contributed by atoms with E-state index in [9.17, 15) is 26.3 Å². The van der Waals surface area contributed by atoms with Gasteiger partial charge in [-0.25, -0.2) is 0 Å². The van der Waals surface area contributed by atoms with Gasteiger partial charge in [-0.2, -0.15) is 9.03 Å². The molecule has 3 N–H and O–H groups in total. The zero-order chi connectivity index (χ0) is 49.0. The lowest BCUT2D eigenvalue weighted by molar-refractivity contribution is -0.275. The molecule has 2 saturated heterocycles. The molecule has 0 atom stereocenters. The molecule has 0 saturated carbocycles. The minimum atomic E-state index is -4.78. The summed E-state index contributed by atoms with van der Waals surface area (Å²) in [6.07, 6.45) is -5.71. The standard InChI is InChI=1S/2C21H24F3N7O2.CH2O2/c1-29-10-11-32-17-16(29)19-27-26-18(13-4-3-5-15(12-13)33-21(22,23)24)31(19)28-20(17)30(2)14-6-8-25-9-7-14;1-25-14-6-8-30(9-7-14)20-17-16(29(2)10-11-32-17)19-27-26-18(31(19)28-20)13-4-3-5-15(12-13)33-21(22,23)24;2-1-3/h2*3-5,12,14,25H,6-11H2,1-2H3;1H,(H,2,3). The van der Waals surface area contributed by atoms with Crippen molar-refractivity contribution in [1.82, 2.24) is 50.3 Å². The van der Waals surface area contributed by atoms with Gasteiger partial charge in [-0.05, 0) is 70.1 Å². The molecular weight excluding hydrogens is 923 g/mol. The summed E-state index contributed by atoms with van der Waals surface area (Å²) in [6, 6.07) is 12.0. The summed E-state index contributed by atoms with van der Waals surface area (Å²) in [4.78, 5) is 16.7. The maximum Gasteiger partial charge on any atom is 0.573 e. The SMILES string of the molecule is CN1CCOc2c(N(C)C3CCNCC3)nn3c(-c4cccc(OC(F)(F)F)c4)nnc3c21.CNC1CCN(c2nn3c(-c4cccc(OC(F)(F)F)c4)nnc3c3c2OCCN3C)CC1.O=CO. The predicted octanol–water partition coefficient (Wildman–Crippen LogP) is 5.11. The highest BCUT2D eigenvalue weighted by atomic mass is 19.4. The van der Waals surface area contributed by atoms with Crippen molar-refractivity contribution in [1.29, 1.82) is 0 Å². The van der Waals surface area contributed by atoms with Crippen LogP contribution >= 0.6 is 0 Å². The number of carboxylic acid groups (broad SMARTS) is 1. The molecule has 370 valence electrons. The lowest BCUT2D eigenvalue weighted by Gasteiger charge is -2.36. The van der Waals surface area contributed by atoms with Crippen LogP contribution in [0.2, 0.25) is 0 Å². The smallest absolute Gasteiger partial charge is 0.486 e. The number of anilines is 4. The van der Waals surface area contributed by atoms with Gasteiger partial charge in [0.2, 0.25) is 11.3 Å². The molecule has 2 fully saturated rings. The molecule has 0 amide bonds. The fourth-order valence-electron chi connectivity index (χ4n) is 8.70. The van der Waals surface area contributed by atoms with Crippen molar-refractivity contribution >= 4 is 40.8 Å². The number of alkyl halides is 6. The van der Waals surface area contributed by atoms with Gasteiger partial charge in [-0.3, -0.25) is 4.79 Å². The Balaban J connectivity index is 0.000000176. The van der Waals surface area contributed by atoms with Crippen molar-refractivity contribution in [2.24, 2.45) is 0 Å². The van der Waals surface area contributed by atoms with E-state index >= 15 is 0 Å². The number of likely N-dealkylation sites (N-methyl/N-ethyl adjacent to an activating group) is 2. The molecule has 0 radical (unpaired) electrons. The second-order valence-corrected chi connectivity index (χ2v) is 16.5. The normalized spacial score (nSPS) is 16.6. The average molecular weight is 973 g/mol. The van der Waals surface area contributed by atoms with Gasteiger partial charge in [-0.1, -0.05) is 24.3 Å². The number of ether oxygens (including phenoxy) is 4. The zero-order valence-corrected chi connectivity index (χ0v) is 38.0. The van der Waals surface area contributed by atoms with Gasteiger partial charge in [-0.15, -0.1) is 56.9 Å². The summed E-state index contributed by atoms with van der Waals surface area (Å²) in [5.41, 5.74) is 3.31. The minimum absolute atomic E-state index is 0.250. The number of halogens is 6. The molecule has 69 heavy (non-hydrogen) atoms. The van der Waals surface area contributed by atoms with Crippen molar-refractivity contribution in [3.63, 3.8) is 0 Å². The number of hydrogen-bond acceptors (Lipinski definition) is 17. The Bertz CT molecular complexity index is 2740. The monoisotopic (exact) mass is 972 g/mol. The maximum atomic E-state index is 12.7. The molecule has 4 aliphatic heterocycles. The fourth-order valence-corrected chi connectivity index (χ4v) is 8.70. The van der Waals surface area contributed by atoms with Crippen LogP contribution in [0, 0.1) is 0 Å². The largest absolute Gasteiger partial charge is 0.573 e. The van der Waals surface area contributed by atoms with Crippen LogP contribution in [0.3, 0.4) is 0 Å². The molecule has 4 aliphatic rings. The summed E-state index contributed by atoms with van der Waals surface area (Å²) in [7, 11) is 7.85. The number of piperidine rings is 2. The molecule has 0 spiro atoms. The van der Waals surface area contributed by atoms with Gasteiger partial charge in [0.25, 0.3) is 6.47 Å². The van der Waals surface area contributed by atoms with Crippen molar-refractivity contribution in [2.75, 3.05) is 100 Å². The lowest BCUT2D eigenvalue weighted by atomic mass is 10.1. The van der Waals surface area contributed by atoms with E-state index in [0.717, 1.165) is 63.2 Å². The first-order chi connectivity index (χ1) is 33.1. The third kappa shape index (κ3) is 10.6. The van der Waals surface area contributed by atoms with Crippen LogP contribution in [0.25, 0.3) is 34.1 Å². The van der Waals surface area contributed by atoms with E-state index in [0.29, 0.717) is 89.5 Å². The average Bonchev–Trinajstić information content (AvgIpc) is 3.96. The molecule has 0 unspecified atom stereocenters. The highest BCUT2D eigenvalue weighted by Crippen LogP contribution is 2.44. The van der Waals surface area contributed by atoms with Gasteiger partial charge in [0.05, 0.1) is 13.1 Å². The Morgan fingerprint density at radius 1 is 0.754 bits per heavy atom. The molecule has 10 rings (SSSR count). The molecule has 0 bridgehead atoms. The van der Waals surface area contributed by atoms with E-state index in [1.165, 1.54) is 36.4 Å². The van der Waals surface area contributed by atoms with Gasteiger partial charge >= 0.3 is 12.7 Å². The first kappa shape index (κ1) is 48.4. The molecule has 0 aliphatic carbocycles. The summed E-state index contributed by atoms with van der Waals surface area (Å²) in [6.45, 7) is 5.58. The summed E-state index contributed by atoms with van der Waals surface area (Å²) < 4.78 is 99.7. The number of hydrogen-bond donors (Lipinski definition) is 3. The molecule has 20 nitrogen and oxygen atoms in total. The van der Waals surface area contributed by atoms with Crippen molar-refractivity contribution in [3.8, 4) is 45.8 Å². The number of benzene rings is 2. The topological polar surface area (TPSA) is 197 Å². The second kappa shape index (κ2) is 20.2. The van der Waals surface area contributed by atoms with E-state index in [1.54, 1.807) is 21.2 Å². The van der Waals surface area contributed by atoms with Crippen molar-refractivity contribution in [2.45, 2.75) is 50.5 Å². The minimum Gasteiger partial charge on any atom is -0.486 e. The second-order valence-electron chi connectivity index (χ2n) is 16.5. The van der Waals surface area contributed by atoms with Crippen molar-refractivity contribution in [3.05, 3.63) is 48.5 Å². The molecular formula is C43H50F6N14O6. The highest BCUT2D eigenvalue weighted by molar-refractivity contribution is 5.84. The molecule has 26 heteroatoms. The van der Waals surface area contributed by atoms with Crippen LogP contribution in [-0.4, -0.2) is 157 Å². The number of fused-ring (bicyclic) bond motifs is 6. The third-order valence-corrected chi connectivity index (χ3v) is 12.1. The maximum absolute atomic E-state index is 12.7. The summed E-state index contributed by atoms with van der Waals surface area (Å²) in [5, 5.41) is 40.4. The van der Waals surface area contributed by atoms with Crippen LogP contribution in [0.15, 0.2) is 48.5 Å². The first-order valence-electron chi connectivity index (χ1n) is 22.0. The Kier molecular flexibility index (Phi) is 14.2. The van der Waals surface area contributed by atoms with E-state index in [-0.39, 0.29) is 24.0 Å². The summed E-state index contributed by atoms with van der Waals surface area (Å²) in [5.74, 6) is 2.62. The third-order valence-electron chi connectivity index (χ3n) is 12.1. The van der Waals surface area contributed by atoms with E-state index < -0.39 is 12.7 Å². The number of nitrogens with one attached hydrogen (secondary N) is 2. The predicted molar refractivity (Wildman–Crippen MR) is 241 cm³/mol. The molecule has 6 aromatic rings. The molecule has 2 aromatic carbocycles. The van der Waals surface area contributed by atoms with E-state index in [1.807, 2.05) is 38.0 Å². The van der Waals surface area contributed by atoms with Crippen molar-refractivity contribution < 1.29 is 55.2 Å². The van der Waals surface area contributed by atoms with Crippen LogP contribution < -0.4 is 49.2 Å². The van der Waals surface area contributed by atoms with E-state index in [2.05, 4.69) is 50.3 Å². The Labute approximate surface area is 390 Å².